The van der Waals surface area contributed by atoms with Crippen molar-refractivity contribution in [1.82, 2.24) is 0 Å². The summed E-state index contributed by atoms with van der Waals surface area (Å²) in [5.74, 6) is 0.820. The maximum atomic E-state index is 8.43. The van der Waals surface area contributed by atoms with E-state index in [0.29, 0.717) is 0 Å². The molecule has 0 saturated heterocycles. The van der Waals surface area contributed by atoms with E-state index in [9.17, 15) is 0 Å². The zero-order valence-corrected chi connectivity index (χ0v) is 10.4. The fraction of sp³-hybridized carbons (Fsp3) is 0.111. The van der Waals surface area contributed by atoms with Crippen LogP contribution in [-0.4, -0.2) is 63.6 Å². The molecule has 1 aromatic rings. The van der Waals surface area contributed by atoms with Crippen LogP contribution in [0.3, 0.4) is 0 Å². The van der Waals surface area contributed by atoms with Crippen LogP contribution in [0.15, 0.2) is 30.5 Å². The Balaban J connectivity index is 0.00000121. The van der Waals surface area contributed by atoms with Gasteiger partial charge in [0.05, 0.1) is 13.4 Å². The fourth-order valence-electron chi connectivity index (χ4n) is 0.801. The maximum Gasteiger partial charge on any atom is 0.118 e. The van der Waals surface area contributed by atoms with E-state index in [4.69, 9.17) is 9.84 Å². The normalized spacial score (nSPS) is 9.42. The molecule has 0 aromatic heterocycles. The Morgan fingerprint density at radius 3 is 2.25 bits per heavy atom. The van der Waals surface area contributed by atoms with Gasteiger partial charge in [-0.15, -0.1) is 0 Å². The SMILES string of the molecule is COc1ccc(C=CO)cc1.[K]. The van der Waals surface area contributed by atoms with Crippen LogP contribution in [0.5, 0.6) is 5.75 Å². The van der Waals surface area contributed by atoms with Crippen molar-refractivity contribution in [3.05, 3.63) is 36.1 Å². The van der Waals surface area contributed by atoms with Crippen LogP contribution in [0.25, 0.3) is 6.08 Å². The number of rotatable bonds is 2. The van der Waals surface area contributed by atoms with Crippen LogP contribution in [0.2, 0.25) is 0 Å². The summed E-state index contributed by atoms with van der Waals surface area (Å²) in [6, 6.07) is 7.42. The molecule has 0 aliphatic rings. The minimum atomic E-state index is 0. The van der Waals surface area contributed by atoms with Crippen molar-refractivity contribution < 1.29 is 9.84 Å². The van der Waals surface area contributed by atoms with Gasteiger partial charge in [0.2, 0.25) is 0 Å². The molecule has 2 nitrogen and oxygen atoms in total. The molecule has 0 saturated carbocycles. The van der Waals surface area contributed by atoms with Crippen LogP contribution < -0.4 is 4.74 Å². The number of hydrogen-bond donors (Lipinski definition) is 1. The van der Waals surface area contributed by atoms with Gasteiger partial charge in [-0.25, -0.2) is 0 Å². The van der Waals surface area contributed by atoms with Crippen molar-refractivity contribution in [2.24, 2.45) is 0 Å². The average molecular weight is 189 g/mol. The molecular formula is C9H10KO2. The molecule has 1 radical (unpaired) electrons. The average Bonchev–Trinajstić information content (AvgIpc) is 2.07. The molecule has 59 valence electrons. The first-order valence-corrected chi connectivity index (χ1v) is 3.31. The van der Waals surface area contributed by atoms with Crippen molar-refractivity contribution in [2.45, 2.75) is 0 Å². The van der Waals surface area contributed by atoms with Crippen molar-refractivity contribution in [1.29, 1.82) is 0 Å². The summed E-state index contributed by atoms with van der Waals surface area (Å²) >= 11 is 0. The Labute approximate surface area is 115 Å². The predicted molar refractivity (Wildman–Crippen MR) is 50.4 cm³/mol. The van der Waals surface area contributed by atoms with Crippen LogP contribution in [0, 0.1) is 0 Å². The van der Waals surface area contributed by atoms with Crippen molar-refractivity contribution in [3.63, 3.8) is 0 Å². The zero-order chi connectivity index (χ0) is 8.10. The van der Waals surface area contributed by atoms with Crippen molar-refractivity contribution in [3.8, 4) is 5.75 Å². The maximum absolute atomic E-state index is 8.43. The van der Waals surface area contributed by atoms with Gasteiger partial charge in [0.25, 0.3) is 0 Å². The van der Waals surface area contributed by atoms with Gasteiger partial charge < -0.3 is 9.84 Å². The Hall–Kier alpha value is 0.196. The first-order chi connectivity index (χ1) is 5.36. The number of benzene rings is 1. The van der Waals surface area contributed by atoms with E-state index < -0.39 is 0 Å². The molecule has 0 amide bonds. The zero-order valence-electron chi connectivity index (χ0n) is 7.32. The Kier molecular flexibility index (Phi) is 6.79. The third kappa shape index (κ3) is 3.73. The second-order valence-corrected chi connectivity index (χ2v) is 2.09. The van der Waals surface area contributed by atoms with Crippen molar-refractivity contribution >= 4 is 57.5 Å². The van der Waals surface area contributed by atoms with Crippen LogP contribution in [-0.2, 0) is 0 Å². The van der Waals surface area contributed by atoms with Crippen LogP contribution >= 0.6 is 0 Å². The van der Waals surface area contributed by atoms with Gasteiger partial charge in [0.15, 0.2) is 0 Å². The van der Waals surface area contributed by atoms with E-state index >= 15 is 0 Å². The van der Waals surface area contributed by atoms with E-state index in [1.54, 1.807) is 13.2 Å². The molecular weight excluding hydrogens is 179 g/mol. The summed E-state index contributed by atoms with van der Waals surface area (Å²) < 4.78 is 4.96. The van der Waals surface area contributed by atoms with Gasteiger partial charge in [0, 0.05) is 51.4 Å². The predicted octanol–water partition coefficient (Wildman–Crippen LogP) is 1.84. The second-order valence-electron chi connectivity index (χ2n) is 2.09. The van der Waals surface area contributed by atoms with Gasteiger partial charge in [-0.05, 0) is 23.8 Å². The van der Waals surface area contributed by atoms with Crippen LogP contribution in [0.1, 0.15) is 5.56 Å². The third-order valence-corrected chi connectivity index (χ3v) is 1.38. The molecule has 0 fully saturated rings. The van der Waals surface area contributed by atoms with E-state index in [2.05, 4.69) is 0 Å². The van der Waals surface area contributed by atoms with E-state index in [-0.39, 0.29) is 51.4 Å². The van der Waals surface area contributed by atoms with Gasteiger partial charge in [0.1, 0.15) is 5.75 Å². The molecule has 0 bridgehead atoms. The standard InChI is InChI=1S/C9H10O2.K/c1-11-9-4-2-8(3-5-9)6-7-10;/h2-7,10H,1H3;. The van der Waals surface area contributed by atoms with E-state index in [1.165, 1.54) is 0 Å². The minimum Gasteiger partial charge on any atom is -0.516 e. The summed E-state index contributed by atoms with van der Waals surface area (Å²) in [5, 5.41) is 8.43. The summed E-state index contributed by atoms with van der Waals surface area (Å²) in [4.78, 5) is 0. The molecule has 0 atom stereocenters. The largest absolute Gasteiger partial charge is 0.516 e. The number of aliphatic hydroxyl groups excluding tert-OH is 1. The molecule has 0 aliphatic heterocycles. The molecule has 1 aromatic carbocycles. The molecule has 1 N–H and O–H groups in total. The monoisotopic (exact) mass is 189 g/mol. The first-order valence-electron chi connectivity index (χ1n) is 3.31. The fourth-order valence-corrected chi connectivity index (χ4v) is 0.801. The van der Waals surface area contributed by atoms with Crippen LogP contribution in [0.4, 0.5) is 0 Å². The summed E-state index contributed by atoms with van der Waals surface area (Å²) in [6.45, 7) is 0. The molecule has 12 heavy (non-hydrogen) atoms. The van der Waals surface area contributed by atoms with Gasteiger partial charge >= 0.3 is 0 Å². The van der Waals surface area contributed by atoms with Gasteiger partial charge in [-0.3, -0.25) is 0 Å². The second kappa shape index (κ2) is 6.68. The molecule has 3 heteroatoms. The molecule has 0 heterocycles. The van der Waals surface area contributed by atoms with Gasteiger partial charge in [-0.2, -0.15) is 0 Å². The molecule has 1 rings (SSSR count). The Morgan fingerprint density at radius 2 is 1.83 bits per heavy atom. The molecule has 0 unspecified atom stereocenters. The Morgan fingerprint density at radius 1 is 1.25 bits per heavy atom. The first kappa shape index (κ1) is 12.2. The van der Waals surface area contributed by atoms with E-state index in [1.807, 2.05) is 24.3 Å². The topological polar surface area (TPSA) is 29.5 Å². The Bertz CT molecular complexity index is 241. The van der Waals surface area contributed by atoms with Gasteiger partial charge in [-0.1, -0.05) is 12.1 Å². The number of hydrogen-bond acceptors (Lipinski definition) is 2. The number of ether oxygens (including phenoxy) is 1. The quantitative estimate of drug-likeness (QED) is 0.568. The van der Waals surface area contributed by atoms with E-state index in [0.717, 1.165) is 17.6 Å². The summed E-state index contributed by atoms with van der Waals surface area (Å²) in [7, 11) is 1.62. The molecule has 0 aliphatic carbocycles. The minimum absolute atomic E-state index is 0. The number of aliphatic hydroxyl groups is 1. The molecule has 0 spiro atoms. The van der Waals surface area contributed by atoms with Crippen molar-refractivity contribution in [2.75, 3.05) is 7.11 Å². The number of methoxy groups -OCH3 is 1. The summed E-state index contributed by atoms with van der Waals surface area (Å²) in [5.41, 5.74) is 0.952. The summed E-state index contributed by atoms with van der Waals surface area (Å²) in [6.07, 6.45) is 2.63. The smallest absolute Gasteiger partial charge is 0.118 e. The third-order valence-electron chi connectivity index (χ3n) is 1.38.